The molecule has 0 aliphatic carbocycles. The van der Waals surface area contributed by atoms with Crippen molar-refractivity contribution in [3.63, 3.8) is 0 Å². The van der Waals surface area contributed by atoms with E-state index in [4.69, 9.17) is 4.42 Å². The molecule has 0 bridgehead atoms. The molecule has 0 aliphatic heterocycles. The molecule has 2 aromatic carbocycles. The molecule has 0 spiro atoms. The number of H-pyrrole nitrogens is 1. The van der Waals surface area contributed by atoms with Gasteiger partial charge in [0.2, 0.25) is 5.16 Å². The summed E-state index contributed by atoms with van der Waals surface area (Å²) >= 11 is 1.49. The molecule has 2 heterocycles. The van der Waals surface area contributed by atoms with E-state index in [0.29, 0.717) is 28.2 Å². The fourth-order valence-electron chi connectivity index (χ4n) is 3.41. The molecular formula is C24H23N3O2S. The van der Waals surface area contributed by atoms with Crippen LogP contribution in [0.5, 0.6) is 0 Å². The summed E-state index contributed by atoms with van der Waals surface area (Å²) in [6.45, 7) is 6.38. The van der Waals surface area contributed by atoms with E-state index >= 15 is 0 Å². The zero-order valence-corrected chi connectivity index (χ0v) is 18.0. The van der Waals surface area contributed by atoms with E-state index in [2.05, 4.69) is 35.1 Å². The standard InChI is InChI=1S/C24H23N3O2S/c1-15(2)19-13-20-18(12-23(28)29-21(20)11-16(19)3)14-30-24-25-22(26-27-24)10-9-17-7-5-4-6-8-17/h4-13,15H,14H2,1-3H3,(H,25,26,27)/b10-9+. The van der Waals surface area contributed by atoms with Gasteiger partial charge in [0.1, 0.15) is 11.4 Å². The van der Waals surface area contributed by atoms with E-state index in [-0.39, 0.29) is 5.63 Å². The van der Waals surface area contributed by atoms with Crippen LogP contribution in [-0.2, 0) is 5.75 Å². The molecule has 0 fully saturated rings. The average Bonchev–Trinajstić information content (AvgIpc) is 3.18. The third kappa shape index (κ3) is 4.54. The van der Waals surface area contributed by atoms with Crippen molar-refractivity contribution in [2.45, 2.75) is 37.6 Å². The van der Waals surface area contributed by atoms with Gasteiger partial charge in [0.15, 0.2) is 0 Å². The monoisotopic (exact) mass is 417 g/mol. The molecule has 5 nitrogen and oxygen atoms in total. The first-order chi connectivity index (χ1) is 14.5. The number of aromatic amines is 1. The molecule has 4 rings (SSSR count). The van der Waals surface area contributed by atoms with Crippen molar-refractivity contribution < 1.29 is 4.42 Å². The van der Waals surface area contributed by atoms with Gasteiger partial charge in [-0.05, 0) is 53.3 Å². The van der Waals surface area contributed by atoms with E-state index in [9.17, 15) is 4.79 Å². The van der Waals surface area contributed by atoms with Crippen LogP contribution in [0.4, 0.5) is 0 Å². The van der Waals surface area contributed by atoms with Crippen molar-refractivity contribution in [1.82, 2.24) is 15.2 Å². The number of hydrogen-bond donors (Lipinski definition) is 1. The van der Waals surface area contributed by atoms with E-state index in [1.807, 2.05) is 55.5 Å². The average molecular weight is 418 g/mol. The molecule has 4 aromatic rings. The zero-order chi connectivity index (χ0) is 21.1. The maximum Gasteiger partial charge on any atom is 0.336 e. The van der Waals surface area contributed by atoms with Gasteiger partial charge < -0.3 is 4.42 Å². The van der Waals surface area contributed by atoms with Gasteiger partial charge in [0.05, 0.1) is 0 Å². The first kappa shape index (κ1) is 20.2. The van der Waals surface area contributed by atoms with Crippen molar-refractivity contribution in [2.75, 3.05) is 0 Å². The van der Waals surface area contributed by atoms with Gasteiger partial charge in [-0.3, -0.25) is 5.10 Å². The molecule has 0 unspecified atom stereocenters. The summed E-state index contributed by atoms with van der Waals surface area (Å²) in [6.07, 6.45) is 3.89. The molecule has 0 aliphatic rings. The molecule has 0 saturated heterocycles. The SMILES string of the molecule is Cc1cc2oc(=O)cc(CSc3n[nH]c(/C=C/c4ccccc4)n3)c2cc1C(C)C. The Hall–Kier alpha value is -3.12. The molecule has 0 radical (unpaired) electrons. The Morgan fingerprint density at radius 2 is 1.93 bits per heavy atom. The first-order valence-electron chi connectivity index (χ1n) is 9.85. The summed E-state index contributed by atoms with van der Waals surface area (Å²) in [4.78, 5) is 16.6. The Kier molecular flexibility index (Phi) is 5.86. The number of aromatic nitrogens is 3. The van der Waals surface area contributed by atoms with E-state index in [0.717, 1.165) is 22.1 Å². The number of benzene rings is 2. The van der Waals surface area contributed by atoms with Crippen molar-refractivity contribution in [2.24, 2.45) is 0 Å². The summed E-state index contributed by atoms with van der Waals surface area (Å²) in [5.74, 6) is 1.67. The summed E-state index contributed by atoms with van der Waals surface area (Å²) in [5.41, 5.74) is 4.71. The maximum absolute atomic E-state index is 12.0. The Labute approximate surface area is 179 Å². The van der Waals surface area contributed by atoms with Crippen molar-refractivity contribution in [3.8, 4) is 0 Å². The minimum Gasteiger partial charge on any atom is -0.423 e. The van der Waals surface area contributed by atoms with Gasteiger partial charge in [-0.2, -0.15) is 0 Å². The molecule has 0 saturated carbocycles. The lowest BCUT2D eigenvalue weighted by molar-refractivity contribution is 0.559. The molecule has 1 N–H and O–H groups in total. The second-order valence-electron chi connectivity index (χ2n) is 7.49. The number of fused-ring (bicyclic) bond motifs is 1. The molecule has 30 heavy (non-hydrogen) atoms. The molecule has 0 atom stereocenters. The molecule has 6 heteroatoms. The number of nitrogens with zero attached hydrogens (tertiary/aromatic N) is 2. The van der Waals surface area contributed by atoms with Gasteiger partial charge in [0.25, 0.3) is 0 Å². The van der Waals surface area contributed by atoms with Crippen molar-refractivity contribution >= 4 is 34.9 Å². The van der Waals surface area contributed by atoms with Crippen LogP contribution in [0.2, 0.25) is 0 Å². The lowest BCUT2D eigenvalue weighted by Crippen LogP contribution is -2.02. The number of aryl methyl sites for hydroxylation is 1. The maximum atomic E-state index is 12.0. The van der Waals surface area contributed by atoms with Crippen LogP contribution in [0.25, 0.3) is 23.1 Å². The van der Waals surface area contributed by atoms with Crippen LogP contribution >= 0.6 is 11.8 Å². The highest BCUT2D eigenvalue weighted by molar-refractivity contribution is 7.98. The highest BCUT2D eigenvalue weighted by Crippen LogP contribution is 2.29. The summed E-state index contributed by atoms with van der Waals surface area (Å²) in [5, 5.41) is 8.83. The normalized spacial score (nSPS) is 11.7. The van der Waals surface area contributed by atoms with Crippen LogP contribution in [0.1, 0.15) is 47.8 Å². The van der Waals surface area contributed by atoms with Crippen LogP contribution < -0.4 is 5.63 Å². The second kappa shape index (κ2) is 8.71. The third-order valence-electron chi connectivity index (χ3n) is 4.91. The quantitative estimate of drug-likeness (QED) is 0.317. The van der Waals surface area contributed by atoms with Crippen LogP contribution in [0.15, 0.2) is 62.9 Å². The number of rotatable bonds is 6. The van der Waals surface area contributed by atoms with E-state index in [1.165, 1.54) is 17.3 Å². The Bertz CT molecular complexity index is 1260. The fraction of sp³-hybridized carbons (Fsp3) is 0.208. The predicted molar refractivity (Wildman–Crippen MR) is 123 cm³/mol. The molecule has 2 aromatic heterocycles. The van der Waals surface area contributed by atoms with Gasteiger partial charge in [-0.15, -0.1) is 5.10 Å². The van der Waals surface area contributed by atoms with Crippen LogP contribution in [0.3, 0.4) is 0 Å². The predicted octanol–water partition coefficient (Wildman–Crippen LogP) is 5.81. The number of nitrogens with one attached hydrogen (secondary N) is 1. The number of thioether (sulfide) groups is 1. The summed E-state index contributed by atoms with van der Waals surface area (Å²) < 4.78 is 5.44. The minimum absolute atomic E-state index is 0.337. The first-order valence-corrected chi connectivity index (χ1v) is 10.8. The summed E-state index contributed by atoms with van der Waals surface area (Å²) in [7, 11) is 0. The van der Waals surface area contributed by atoms with Crippen LogP contribution in [-0.4, -0.2) is 15.2 Å². The third-order valence-corrected chi connectivity index (χ3v) is 5.81. The zero-order valence-electron chi connectivity index (χ0n) is 17.2. The molecule has 0 amide bonds. The number of hydrogen-bond acceptors (Lipinski definition) is 5. The molecule has 152 valence electrons. The topological polar surface area (TPSA) is 71.8 Å². The highest BCUT2D eigenvalue weighted by atomic mass is 32.2. The van der Waals surface area contributed by atoms with Crippen molar-refractivity contribution in [3.05, 3.63) is 87.0 Å². The van der Waals surface area contributed by atoms with Crippen LogP contribution in [0, 0.1) is 6.92 Å². The second-order valence-corrected chi connectivity index (χ2v) is 8.43. The lowest BCUT2D eigenvalue weighted by atomic mass is 9.95. The Morgan fingerprint density at radius 1 is 1.13 bits per heavy atom. The van der Waals surface area contributed by atoms with E-state index < -0.39 is 0 Å². The van der Waals surface area contributed by atoms with Gasteiger partial charge in [-0.25, -0.2) is 9.78 Å². The molecular weight excluding hydrogens is 394 g/mol. The Morgan fingerprint density at radius 3 is 2.70 bits per heavy atom. The fourth-order valence-corrected chi connectivity index (χ4v) is 4.21. The summed E-state index contributed by atoms with van der Waals surface area (Å²) in [6, 6.07) is 15.7. The smallest absolute Gasteiger partial charge is 0.336 e. The minimum atomic E-state index is -0.337. The van der Waals surface area contributed by atoms with Gasteiger partial charge in [0, 0.05) is 17.2 Å². The van der Waals surface area contributed by atoms with E-state index in [1.54, 1.807) is 6.07 Å². The van der Waals surface area contributed by atoms with Gasteiger partial charge in [-0.1, -0.05) is 62.0 Å². The highest BCUT2D eigenvalue weighted by Gasteiger charge is 2.12. The van der Waals surface area contributed by atoms with Gasteiger partial charge >= 0.3 is 5.63 Å². The Balaban J connectivity index is 1.55. The lowest BCUT2D eigenvalue weighted by Gasteiger charge is -2.12. The largest absolute Gasteiger partial charge is 0.423 e. The van der Waals surface area contributed by atoms with Crippen molar-refractivity contribution in [1.29, 1.82) is 0 Å².